The van der Waals surface area contributed by atoms with Gasteiger partial charge in [0.15, 0.2) is 0 Å². The molecule has 0 bridgehead atoms. The van der Waals surface area contributed by atoms with Crippen molar-refractivity contribution in [2.45, 2.75) is 37.6 Å². The Morgan fingerprint density at radius 1 is 1.32 bits per heavy atom. The number of halogens is 1. The Morgan fingerprint density at radius 3 is 2.47 bits per heavy atom. The van der Waals surface area contributed by atoms with Gasteiger partial charge >= 0.3 is 0 Å². The molecule has 1 fully saturated rings. The number of hydrogen-bond acceptors (Lipinski definition) is 2. The maximum absolute atomic E-state index is 12.3. The Morgan fingerprint density at radius 2 is 1.89 bits per heavy atom. The van der Waals surface area contributed by atoms with E-state index in [4.69, 9.17) is 5.73 Å². The number of hydrogen-bond donors (Lipinski definition) is 1. The molecule has 1 aliphatic rings. The molecule has 0 aliphatic heterocycles. The van der Waals surface area contributed by atoms with Crippen LogP contribution in [0.4, 0.5) is 0 Å². The normalized spacial score (nSPS) is 17.4. The third kappa shape index (κ3) is 3.57. The van der Waals surface area contributed by atoms with E-state index < -0.39 is 5.54 Å². The molecule has 0 saturated heterocycles. The van der Waals surface area contributed by atoms with Crippen LogP contribution in [0.15, 0.2) is 28.7 Å². The maximum atomic E-state index is 12.3. The maximum Gasteiger partial charge on any atom is 0.242 e. The highest BCUT2D eigenvalue weighted by Gasteiger charge is 2.38. The summed E-state index contributed by atoms with van der Waals surface area (Å²) in [6, 6.07) is 8.21. The lowest BCUT2D eigenvalue weighted by molar-refractivity contribution is -0.135. The van der Waals surface area contributed by atoms with Crippen molar-refractivity contribution in [1.82, 2.24) is 4.90 Å². The first-order chi connectivity index (χ1) is 9.01. The first-order valence-electron chi connectivity index (χ1n) is 6.80. The zero-order chi connectivity index (χ0) is 13.9. The standard InChI is InChI=1S/C15H21BrN2O/c1-18(14(19)15(17)9-2-3-10-15)11-8-12-4-6-13(16)7-5-12/h4-7H,2-3,8-11,17H2,1H3. The van der Waals surface area contributed by atoms with Crippen molar-refractivity contribution in [3.05, 3.63) is 34.3 Å². The summed E-state index contributed by atoms with van der Waals surface area (Å²) in [6.07, 6.45) is 4.67. The summed E-state index contributed by atoms with van der Waals surface area (Å²) >= 11 is 3.42. The molecule has 0 radical (unpaired) electrons. The van der Waals surface area contributed by atoms with E-state index in [0.717, 1.165) is 43.1 Å². The van der Waals surface area contributed by atoms with Gasteiger partial charge in [0.05, 0.1) is 5.54 Å². The number of amides is 1. The van der Waals surface area contributed by atoms with Gasteiger partial charge in [-0.3, -0.25) is 4.79 Å². The van der Waals surface area contributed by atoms with Crippen molar-refractivity contribution >= 4 is 21.8 Å². The first-order valence-corrected chi connectivity index (χ1v) is 7.59. The molecule has 2 N–H and O–H groups in total. The summed E-state index contributed by atoms with van der Waals surface area (Å²) in [5.41, 5.74) is 6.83. The molecule has 0 spiro atoms. The smallest absolute Gasteiger partial charge is 0.242 e. The van der Waals surface area contributed by atoms with Crippen LogP contribution in [0.3, 0.4) is 0 Å². The zero-order valence-electron chi connectivity index (χ0n) is 11.4. The lowest BCUT2D eigenvalue weighted by Gasteiger charge is -2.28. The number of nitrogens with zero attached hydrogens (tertiary/aromatic N) is 1. The molecular formula is C15H21BrN2O. The van der Waals surface area contributed by atoms with Gasteiger partial charge in [0.1, 0.15) is 0 Å². The summed E-state index contributed by atoms with van der Waals surface area (Å²) in [5, 5.41) is 0. The fraction of sp³-hybridized carbons (Fsp3) is 0.533. The Labute approximate surface area is 123 Å². The van der Waals surface area contributed by atoms with Gasteiger partial charge in [-0.1, -0.05) is 40.9 Å². The van der Waals surface area contributed by atoms with Gasteiger partial charge in [0, 0.05) is 18.1 Å². The van der Waals surface area contributed by atoms with Crippen molar-refractivity contribution in [2.24, 2.45) is 5.73 Å². The van der Waals surface area contributed by atoms with Crippen molar-refractivity contribution < 1.29 is 4.79 Å². The highest BCUT2D eigenvalue weighted by atomic mass is 79.9. The molecule has 3 nitrogen and oxygen atoms in total. The van der Waals surface area contributed by atoms with Crippen molar-refractivity contribution in [2.75, 3.05) is 13.6 Å². The minimum Gasteiger partial charge on any atom is -0.344 e. The van der Waals surface area contributed by atoms with Gasteiger partial charge in [-0.2, -0.15) is 0 Å². The molecular weight excluding hydrogens is 304 g/mol. The molecule has 1 aliphatic carbocycles. The molecule has 1 aromatic rings. The van der Waals surface area contributed by atoms with Crippen molar-refractivity contribution in [1.29, 1.82) is 0 Å². The molecule has 2 rings (SSSR count). The molecule has 0 unspecified atom stereocenters. The van der Waals surface area contributed by atoms with E-state index in [1.54, 1.807) is 4.90 Å². The lowest BCUT2D eigenvalue weighted by Crippen LogP contribution is -2.52. The van der Waals surface area contributed by atoms with Gasteiger partial charge in [-0.25, -0.2) is 0 Å². The predicted octanol–water partition coefficient (Wildman–Crippen LogP) is 2.72. The van der Waals surface area contributed by atoms with Crippen LogP contribution >= 0.6 is 15.9 Å². The van der Waals surface area contributed by atoms with Crippen LogP contribution in [0.1, 0.15) is 31.2 Å². The summed E-state index contributed by atoms with van der Waals surface area (Å²) in [5.74, 6) is 0.0992. The molecule has 1 aromatic carbocycles. The van der Waals surface area contributed by atoms with Gasteiger partial charge in [-0.15, -0.1) is 0 Å². The number of carbonyl (C=O) groups is 1. The van der Waals surface area contributed by atoms with E-state index >= 15 is 0 Å². The van der Waals surface area contributed by atoms with Crippen LogP contribution in [0.25, 0.3) is 0 Å². The van der Waals surface area contributed by atoms with Crippen LogP contribution in [-0.4, -0.2) is 29.9 Å². The van der Waals surface area contributed by atoms with Gasteiger partial charge in [0.25, 0.3) is 0 Å². The minimum atomic E-state index is -0.603. The quantitative estimate of drug-likeness (QED) is 0.925. The number of nitrogens with two attached hydrogens (primary N) is 1. The highest BCUT2D eigenvalue weighted by Crippen LogP contribution is 2.28. The first kappa shape index (κ1) is 14.5. The van der Waals surface area contributed by atoms with Crippen LogP contribution in [-0.2, 0) is 11.2 Å². The molecule has 1 saturated carbocycles. The second-order valence-electron chi connectivity index (χ2n) is 5.47. The van der Waals surface area contributed by atoms with Gasteiger partial charge in [-0.05, 0) is 37.0 Å². The molecule has 0 atom stereocenters. The summed E-state index contributed by atoms with van der Waals surface area (Å²) < 4.78 is 1.08. The highest BCUT2D eigenvalue weighted by molar-refractivity contribution is 9.10. The second kappa shape index (κ2) is 6.06. The van der Waals surface area contributed by atoms with Gasteiger partial charge < -0.3 is 10.6 Å². The van der Waals surface area contributed by atoms with Crippen LogP contribution < -0.4 is 5.73 Å². The van der Waals surface area contributed by atoms with Crippen LogP contribution in [0.5, 0.6) is 0 Å². The van der Waals surface area contributed by atoms with Crippen molar-refractivity contribution in [3.63, 3.8) is 0 Å². The van der Waals surface area contributed by atoms with E-state index in [0.29, 0.717) is 0 Å². The number of benzene rings is 1. The Bertz CT molecular complexity index is 438. The number of carbonyl (C=O) groups excluding carboxylic acids is 1. The molecule has 0 heterocycles. The Balaban J connectivity index is 1.88. The largest absolute Gasteiger partial charge is 0.344 e. The van der Waals surface area contributed by atoms with E-state index in [-0.39, 0.29) is 5.91 Å². The Kier molecular flexibility index (Phi) is 4.63. The third-order valence-corrected chi connectivity index (χ3v) is 4.45. The average Bonchev–Trinajstić information content (AvgIpc) is 2.85. The number of likely N-dealkylation sites (N-methyl/N-ethyl adjacent to an activating group) is 1. The van der Waals surface area contributed by atoms with E-state index in [1.807, 2.05) is 19.2 Å². The SMILES string of the molecule is CN(CCc1ccc(Br)cc1)C(=O)C1(N)CCCC1. The van der Waals surface area contributed by atoms with E-state index in [1.165, 1.54) is 5.56 Å². The third-order valence-electron chi connectivity index (χ3n) is 3.92. The minimum absolute atomic E-state index is 0.0992. The fourth-order valence-corrected chi connectivity index (χ4v) is 2.91. The monoisotopic (exact) mass is 324 g/mol. The molecule has 4 heteroatoms. The molecule has 1 amide bonds. The van der Waals surface area contributed by atoms with E-state index in [2.05, 4.69) is 28.1 Å². The average molecular weight is 325 g/mol. The molecule has 104 valence electrons. The molecule has 19 heavy (non-hydrogen) atoms. The van der Waals surface area contributed by atoms with Crippen LogP contribution in [0.2, 0.25) is 0 Å². The summed E-state index contributed by atoms with van der Waals surface area (Å²) in [7, 11) is 1.86. The summed E-state index contributed by atoms with van der Waals surface area (Å²) in [4.78, 5) is 14.1. The van der Waals surface area contributed by atoms with Crippen molar-refractivity contribution in [3.8, 4) is 0 Å². The number of rotatable bonds is 4. The summed E-state index contributed by atoms with van der Waals surface area (Å²) in [6.45, 7) is 0.722. The fourth-order valence-electron chi connectivity index (χ4n) is 2.65. The Hall–Kier alpha value is -0.870. The predicted molar refractivity (Wildman–Crippen MR) is 80.9 cm³/mol. The van der Waals surface area contributed by atoms with Gasteiger partial charge in [0.2, 0.25) is 5.91 Å². The zero-order valence-corrected chi connectivity index (χ0v) is 12.9. The molecule has 0 aromatic heterocycles. The van der Waals surface area contributed by atoms with E-state index in [9.17, 15) is 4.79 Å². The lowest BCUT2D eigenvalue weighted by atomic mass is 9.97. The topological polar surface area (TPSA) is 46.3 Å². The second-order valence-corrected chi connectivity index (χ2v) is 6.38. The van der Waals surface area contributed by atoms with Crippen LogP contribution in [0, 0.1) is 0 Å².